The van der Waals surface area contributed by atoms with Crippen LogP contribution < -0.4 is 20.3 Å². The number of alkyl halides is 9. The number of halogens is 9. The largest absolute Gasteiger partial charge is 0.573 e. The maximum Gasteiger partial charge on any atom is 0.573 e. The lowest BCUT2D eigenvalue weighted by atomic mass is 10.2. The quantitative estimate of drug-likeness (QED) is 0.465. The molecule has 1 aliphatic rings. The van der Waals surface area contributed by atoms with Gasteiger partial charge in [-0.25, -0.2) is 9.79 Å². The molecule has 0 aliphatic carbocycles. The Hall–Kier alpha value is -3.37. The second-order valence-electron chi connectivity index (χ2n) is 6.98. The molecule has 1 atom stereocenters. The van der Waals surface area contributed by atoms with Gasteiger partial charge in [0.2, 0.25) is 5.96 Å². The monoisotopic (exact) mass is 538 g/mol. The lowest BCUT2D eigenvalue weighted by molar-refractivity contribution is -0.274. The molecule has 0 spiro atoms. The average molecular weight is 538 g/mol. The highest BCUT2D eigenvalue weighted by Crippen LogP contribution is 2.26. The third kappa shape index (κ3) is 10.5. The lowest BCUT2D eigenvalue weighted by Crippen LogP contribution is -2.50. The van der Waals surface area contributed by atoms with Crippen molar-refractivity contribution in [1.29, 1.82) is 0 Å². The molecule has 1 aromatic carbocycles. The summed E-state index contributed by atoms with van der Waals surface area (Å²) >= 11 is 0. The van der Waals surface area contributed by atoms with Gasteiger partial charge in [-0.05, 0) is 30.7 Å². The van der Waals surface area contributed by atoms with Gasteiger partial charge in [-0.1, -0.05) is 6.92 Å². The number of benzene rings is 1. The second kappa shape index (κ2) is 11.6. The smallest absolute Gasteiger partial charge is 0.469 e. The Morgan fingerprint density at radius 3 is 2.17 bits per heavy atom. The van der Waals surface area contributed by atoms with E-state index in [2.05, 4.69) is 29.8 Å². The number of aliphatic imine (C=N–C) groups is 1. The Morgan fingerprint density at radius 1 is 1.03 bits per heavy atom. The first-order valence-electron chi connectivity index (χ1n) is 9.93. The van der Waals surface area contributed by atoms with Crippen molar-refractivity contribution in [1.82, 2.24) is 10.6 Å². The molecule has 1 heterocycles. The topological polar surface area (TPSA) is 84.4 Å². The van der Waals surface area contributed by atoms with Crippen LogP contribution in [0.15, 0.2) is 41.2 Å². The summed E-state index contributed by atoms with van der Waals surface area (Å²) < 4.78 is 125. The second-order valence-corrected chi connectivity index (χ2v) is 6.98. The van der Waals surface area contributed by atoms with Gasteiger partial charge in [0.1, 0.15) is 12.4 Å². The molecule has 0 fully saturated rings. The van der Waals surface area contributed by atoms with Crippen molar-refractivity contribution in [3.05, 3.63) is 36.2 Å². The number of hydrogen-bond donors (Lipinski definition) is 2. The molecule has 2 rings (SSSR count). The zero-order chi connectivity index (χ0) is 27.1. The highest BCUT2D eigenvalue weighted by atomic mass is 19.4. The Bertz CT molecular complexity index is 944. The van der Waals surface area contributed by atoms with Gasteiger partial charge in [-0.2, -0.15) is 26.3 Å². The molecule has 2 N–H and O–H groups in total. The lowest BCUT2D eigenvalue weighted by Gasteiger charge is -2.26. The van der Waals surface area contributed by atoms with Crippen molar-refractivity contribution in [2.24, 2.45) is 4.99 Å². The van der Waals surface area contributed by atoms with Gasteiger partial charge in [0, 0.05) is 18.3 Å². The molecule has 0 saturated heterocycles. The maximum atomic E-state index is 12.8. The zero-order valence-electron chi connectivity index (χ0n) is 18.2. The van der Waals surface area contributed by atoms with Gasteiger partial charge in [-0.15, -0.1) is 13.2 Å². The summed E-state index contributed by atoms with van der Waals surface area (Å²) in [5.41, 5.74) is 0.106. The van der Waals surface area contributed by atoms with Crippen molar-refractivity contribution >= 4 is 17.7 Å². The van der Waals surface area contributed by atoms with Crippen LogP contribution in [-0.4, -0.2) is 56.7 Å². The Morgan fingerprint density at radius 2 is 1.64 bits per heavy atom. The van der Waals surface area contributed by atoms with Crippen molar-refractivity contribution in [2.45, 2.75) is 38.3 Å². The molecule has 2 amide bonds. The number of amides is 2. The molecule has 0 saturated carbocycles. The van der Waals surface area contributed by atoms with E-state index < -0.39 is 61.8 Å². The minimum atomic E-state index is -4.93. The highest BCUT2D eigenvalue weighted by Gasteiger charge is 2.33. The van der Waals surface area contributed by atoms with Crippen LogP contribution in [0.5, 0.6) is 5.75 Å². The van der Waals surface area contributed by atoms with Crippen LogP contribution >= 0.6 is 0 Å². The Balaban J connectivity index is 2.18. The van der Waals surface area contributed by atoms with Crippen molar-refractivity contribution < 1.29 is 58.5 Å². The molecule has 0 radical (unpaired) electrons. The summed E-state index contributed by atoms with van der Waals surface area (Å²) in [4.78, 5) is 17.5. The van der Waals surface area contributed by atoms with Crippen LogP contribution in [0.2, 0.25) is 0 Å². The number of hydrogen-bond acceptors (Lipinski definition) is 6. The summed E-state index contributed by atoms with van der Waals surface area (Å²) in [6.07, 6.45) is -15.2. The number of rotatable bonds is 8. The number of anilines is 1. The van der Waals surface area contributed by atoms with Crippen LogP contribution in [0.3, 0.4) is 0 Å². The predicted octanol–water partition coefficient (Wildman–Crippen LogP) is 4.80. The Labute approximate surface area is 197 Å². The third-order valence-corrected chi connectivity index (χ3v) is 3.90. The van der Waals surface area contributed by atoms with Crippen molar-refractivity contribution in [2.75, 3.05) is 24.7 Å². The summed E-state index contributed by atoms with van der Waals surface area (Å²) in [5, 5.41) is 4.35. The van der Waals surface area contributed by atoms with Crippen LogP contribution in [-0.2, 0) is 9.47 Å². The number of ether oxygens (including phenoxy) is 3. The summed E-state index contributed by atoms with van der Waals surface area (Å²) in [5.74, 6) is -1.83. The number of carbonyl (C=O) groups excluding carboxylic acids is 1. The molecule has 0 aromatic heterocycles. The van der Waals surface area contributed by atoms with E-state index in [4.69, 9.17) is 0 Å². The van der Waals surface area contributed by atoms with Crippen molar-refractivity contribution in [3.8, 4) is 5.75 Å². The van der Waals surface area contributed by atoms with Crippen LogP contribution in [0.25, 0.3) is 0 Å². The van der Waals surface area contributed by atoms with Gasteiger partial charge < -0.3 is 14.2 Å². The molecular formula is C19H19F9N4O4. The first kappa shape index (κ1) is 28.9. The van der Waals surface area contributed by atoms with E-state index >= 15 is 0 Å². The molecule has 1 aliphatic heterocycles. The number of nitrogens with one attached hydrogen (secondary N) is 2. The van der Waals surface area contributed by atoms with E-state index in [1.807, 2.05) is 0 Å². The van der Waals surface area contributed by atoms with E-state index in [-0.39, 0.29) is 12.2 Å². The molecule has 17 heteroatoms. The van der Waals surface area contributed by atoms with E-state index in [0.29, 0.717) is 12.5 Å². The highest BCUT2D eigenvalue weighted by molar-refractivity contribution is 6.04. The molecule has 0 bridgehead atoms. The first-order chi connectivity index (χ1) is 16.5. The number of carbonyl (C=O) groups is 1. The van der Waals surface area contributed by atoms with Crippen LogP contribution in [0.1, 0.15) is 13.3 Å². The fraction of sp³-hybridized carbons (Fsp3) is 0.474. The summed E-state index contributed by atoms with van der Waals surface area (Å²) in [7, 11) is 0. The maximum absolute atomic E-state index is 12.8. The van der Waals surface area contributed by atoms with E-state index in [0.717, 1.165) is 29.2 Å². The molecule has 36 heavy (non-hydrogen) atoms. The fourth-order valence-electron chi connectivity index (χ4n) is 2.63. The van der Waals surface area contributed by atoms with Gasteiger partial charge in [0.15, 0.2) is 18.7 Å². The summed E-state index contributed by atoms with van der Waals surface area (Å²) in [6.45, 7) is -1.89. The number of nitrogens with zero attached hydrogens (tertiary/aromatic N) is 2. The molecule has 1 unspecified atom stereocenters. The fourth-order valence-corrected chi connectivity index (χ4v) is 2.63. The van der Waals surface area contributed by atoms with E-state index in [1.165, 1.54) is 0 Å². The molecule has 1 aromatic rings. The zero-order valence-corrected chi connectivity index (χ0v) is 18.2. The van der Waals surface area contributed by atoms with E-state index in [1.54, 1.807) is 6.92 Å². The van der Waals surface area contributed by atoms with Gasteiger partial charge in [0.05, 0.1) is 0 Å². The van der Waals surface area contributed by atoms with E-state index in [9.17, 15) is 44.3 Å². The first-order valence-corrected chi connectivity index (χ1v) is 9.93. The van der Waals surface area contributed by atoms with Crippen LogP contribution in [0.4, 0.5) is 50.0 Å². The summed E-state index contributed by atoms with van der Waals surface area (Å²) in [6, 6.07) is 3.21. The molecular weight excluding hydrogens is 519 g/mol. The molecule has 8 nitrogen and oxygen atoms in total. The predicted molar refractivity (Wildman–Crippen MR) is 106 cm³/mol. The standard InChI is InChI=1S/C19H19F9N4O4/c1-2-7-32(11-3-5-12(6-4-11)36-19(26,27)28)16(33)31-15-29-13(34-9-17(20,21)22)8-14(30-15)35-10-18(23,24)25/h3-6,8,13H,2,7,9-10H2,1H3,(H2,29,30,31,33). The third-order valence-electron chi connectivity index (χ3n) is 3.90. The molecule has 202 valence electrons. The minimum absolute atomic E-state index is 0.0276. The number of urea groups is 1. The van der Waals surface area contributed by atoms with Crippen molar-refractivity contribution in [3.63, 3.8) is 0 Å². The number of guanidine groups is 1. The van der Waals surface area contributed by atoms with Gasteiger partial charge in [0.25, 0.3) is 0 Å². The van der Waals surface area contributed by atoms with Crippen LogP contribution in [0, 0.1) is 0 Å². The normalized spacial score (nSPS) is 16.4. The SMILES string of the molecule is CCCN(C(=O)NC1=NC(OCC(F)(F)F)C=C(OCC(F)(F)F)N1)c1ccc(OC(F)(F)F)cc1. The van der Waals surface area contributed by atoms with Gasteiger partial charge in [-0.3, -0.25) is 15.5 Å². The van der Waals surface area contributed by atoms with Gasteiger partial charge >= 0.3 is 24.7 Å². The average Bonchev–Trinajstić information content (AvgIpc) is 2.73. The Kier molecular flexibility index (Phi) is 9.28. The minimum Gasteiger partial charge on any atom is -0.469 e.